The predicted octanol–water partition coefficient (Wildman–Crippen LogP) is 2.00. The second-order valence-corrected chi connectivity index (χ2v) is 6.02. The Morgan fingerprint density at radius 2 is 2.06 bits per heavy atom. The Morgan fingerprint density at radius 3 is 2.69 bits per heavy atom. The van der Waals surface area contributed by atoms with Gasteiger partial charge >= 0.3 is 99.5 Å². The minimum absolute atomic E-state index is 0.227. The predicted molar refractivity (Wildman–Crippen MR) is 63.5 cm³/mol. The summed E-state index contributed by atoms with van der Waals surface area (Å²) in [4.78, 5) is 11.7. The van der Waals surface area contributed by atoms with Gasteiger partial charge in [0.15, 0.2) is 0 Å². The summed E-state index contributed by atoms with van der Waals surface area (Å²) in [5.74, 6) is 0.511. The van der Waals surface area contributed by atoms with Crippen LogP contribution in [0.1, 0.15) is 14.8 Å². The number of fused-ring (bicyclic) bond motifs is 1. The normalized spacial score (nSPS) is 10.4. The molecule has 0 spiro atoms. The molecule has 0 saturated heterocycles. The molecule has 1 aromatic heterocycles. The molecule has 0 fully saturated rings. The van der Waals surface area contributed by atoms with E-state index in [1.165, 1.54) is 11.4 Å². The first-order chi connectivity index (χ1) is 7.67. The van der Waals surface area contributed by atoms with Crippen molar-refractivity contribution in [2.75, 3.05) is 14.2 Å². The number of esters is 1. The summed E-state index contributed by atoms with van der Waals surface area (Å²) in [7, 11) is 3.03. The number of carbonyl (C=O) groups excluding carboxylic acids is 1. The summed E-state index contributed by atoms with van der Waals surface area (Å²) < 4.78 is 12.3. The fourth-order valence-electron chi connectivity index (χ4n) is 1.68. The van der Waals surface area contributed by atoms with E-state index in [1.807, 2.05) is 25.1 Å². The molecule has 0 amide bonds. The number of hydrogen-bond acceptors (Lipinski definition) is 3. The van der Waals surface area contributed by atoms with Crippen LogP contribution in [-0.2, 0) is 4.74 Å². The van der Waals surface area contributed by atoms with E-state index in [-0.39, 0.29) is 20.5 Å². The Balaban J connectivity index is 2.70. The maximum atomic E-state index is 11.7. The van der Waals surface area contributed by atoms with Gasteiger partial charge in [0, 0.05) is 0 Å². The zero-order valence-corrected chi connectivity index (χ0v) is 11.1. The van der Waals surface area contributed by atoms with Crippen molar-refractivity contribution in [2.24, 2.45) is 0 Å². The van der Waals surface area contributed by atoms with Crippen molar-refractivity contribution in [1.82, 2.24) is 0 Å². The Morgan fingerprint density at radius 1 is 1.31 bits per heavy atom. The third kappa shape index (κ3) is 1.75. The van der Waals surface area contributed by atoms with Crippen LogP contribution < -0.4 is 4.74 Å². The van der Waals surface area contributed by atoms with Crippen LogP contribution in [0.3, 0.4) is 0 Å². The Labute approximate surface area is 99.7 Å². The van der Waals surface area contributed by atoms with Crippen molar-refractivity contribution in [2.45, 2.75) is 6.92 Å². The molecule has 1 aromatic carbocycles. The van der Waals surface area contributed by atoms with E-state index in [0.717, 1.165) is 15.6 Å². The Hall–Kier alpha value is -1.25. The molecule has 0 aliphatic rings. The molecule has 16 heavy (non-hydrogen) atoms. The van der Waals surface area contributed by atoms with Crippen LogP contribution in [0, 0.1) is 6.92 Å². The monoisotopic (exact) mass is 284 g/mol. The van der Waals surface area contributed by atoms with E-state index in [4.69, 9.17) is 9.47 Å². The molecule has 4 heteroatoms. The van der Waals surface area contributed by atoms with Gasteiger partial charge in [0.2, 0.25) is 0 Å². The van der Waals surface area contributed by atoms with Crippen molar-refractivity contribution < 1.29 is 14.3 Å². The molecule has 0 saturated carbocycles. The second-order valence-electron chi connectivity index (χ2n) is 3.39. The SMILES string of the molecule is COC(=O)c1c(C)[se]c2ccc(OC)cc12. The molecular weight excluding hydrogens is 271 g/mol. The van der Waals surface area contributed by atoms with Crippen LogP contribution in [0.25, 0.3) is 9.65 Å². The fraction of sp³-hybridized carbons (Fsp3) is 0.250. The Bertz CT molecular complexity index is 542. The number of methoxy groups -OCH3 is 2. The molecule has 2 rings (SSSR count). The molecule has 0 bridgehead atoms. The van der Waals surface area contributed by atoms with Gasteiger partial charge in [-0.2, -0.15) is 0 Å². The van der Waals surface area contributed by atoms with Gasteiger partial charge in [-0.25, -0.2) is 0 Å². The summed E-state index contributed by atoms with van der Waals surface area (Å²) in [5.41, 5.74) is 0.705. The van der Waals surface area contributed by atoms with E-state index >= 15 is 0 Å². The second kappa shape index (κ2) is 4.32. The molecule has 0 N–H and O–H groups in total. The van der Waals surface area contributed by atoms with Gasteiger partial charge in [-0.05, 0) is 0 Å². The van der Waals surface area contributed by atoms with Crippen LogP contribution in [-0.4, -0.2) is 34.7 Å². The van der Waals surface area contributed by atoms with Crippen LogP contribution >= 0.6 is 0 Å². The number of carbonyl (C=O) groups is 1. The topological polar surface area (TPSA) is 35.5 Å². The first-order valence-electron chi connectivity index (χ1n) is 4.83. The molecule has 0 aliphatic carbocycles. The van der Waals surface area contributed by atoms with Crippen molar-refractivity contribution in [1.29, 1.82) is 0 Å². The van der Waals surface area contributed by atoms with Crippen LogP contribution in [0.2, 0.25) is 0 Å². The van der Waals surface area contributed by atoms with E-state index in [9.17, 15) is 4.79 Å². The third-order valence-electron chi connectivity index (χ3n) is 2.46. The summed E-state index contributed by atoms with van der Waals surface area (Å²) in [6, 6.07) is 5.85. The molecule has 1 heterocycles. The van der Waals surface area contributed by atoms with Crippen molar-refractivity contribution >= 4 is 30.1 Å². The fourth-order valence-corrected chi connectivity index (χ4v) is 3.85. The third-order valence-corrected chi connectivity index (χ3v) is 4.74. The van der Waals surface area contributed by atoms with Gasteiger partial charge in [0.05, 0.1) is 0 Å². The Kier molecular flexibility index (Phi) is 3.03. The first-order valence-corrected chi connectivity index (χ1v) is 6.54. The number of aryl methyl sites for hydroxylation is 1. The van der Waals surface area contributed by atoms with Gasteiger partial charge < -0.3 is 0 Å². The molecule has 84 valence electrons. The van der Waals surface area contributed by atoms with Crippen molar-refractivity contribution in [3.8, 4) is 5.75 Å². The van der Waals surface area contributed by atoms with Gasteiger partial charge in [-0.1, -0.05) is 0 Å². The summed E-state index contributed by atoms with van der Waals surface area (Å²) in [6.07, 6.45) is 0. The van der Waals surface area contributed by atoms with E-state index in [0.29, 0.717) is 5.56 Å². The van der Waals surface area contributed by atoms with Crippen LogP contribution in [0.5, 0.6) is 5.75 Å². The van der Waals surface area contributed by atoms with Crippen LogP contribution in [0.15, 0.2) is 18.2 Å². The van der Waals surface area contributed by atoms with Crippen molar-refractivity contribution in [3.05, 3.63) is 28.2 Å². The number of hydrogen-bond donors (Lipinski definition) is 0. The van der Waals surface area contributed by atoms with E-state index in [1.54, 1.807) is 7.11 Å². The van der Waals surface area contributed by atoms with Gasteiger partial charge in [0.25, 0.3) is 0 Å². The van der Waals surface area contributed by atoms with Gasteiger partial charge in [0.1, 0.15) is 0 Å². The standard InChI is InChI=1S/C12H12O3Se/c1-7-11(12(13)15-3)9-6-8(14-2)4-5-10(9)16-7/h4-6H,1-3H3. The summed E-state index contributed by atoms with van der Waals surface area (Å²) in [6.45, 7) is 1.98. The molecular formula is C12H12O3Se. The average molecular weight is 283 g/mol. The van der Waals surface area contributed by atoms with Crippen molar-refractivity contribution in [3.63, 3.8) is 0 Å². The molecule has 0 unspecified atom stereocenters. The van der Waals surface area contributed by atoms with E-state index < -0.39 is 0 Å². The number of ether oxygens (including phenoxy) is 2. The molecule has 0 radical (unpaired) electrons. The zero-order valence-electron chi connectivity index (χ0n) is 9.37. The van der Waals surface area contributed by atoms with Gasteiger partial charge in [-0.15, -0.1) is 0 Å². The number of rotatable bonds is 2. The zero-order chi connectivity index (χ0) is 11.7. The number of benzene rings is 1. The summed E-state index contributed by atoms with van der Waals surface area (Å²) >= 11 is 0.227. The summed E-state index contributed by atoms with van der Waals surface area (Å²) in [5, 5.41) is 0.962. The average Bonchev–Trinajstić information content (AvgIpc) is 2.63. The molecule has 0 atom stereocenters. The quantitative estimate of drug-likeness (QED) is 0.624. The van der Waals surface area contributed by atoms with Crippen LogP contribution in [0.4, 0.5) is 0 Å². The molecule has 0 aliphatic heterocycles. The molecule has 2 aromatic rings. The first kappa shape index (κ1) is 11.2. The van der Waals surface area contributed by atoms with Gasteiger partial charge in [-0.3, -0.25) is 0 Å². The maximum absolute atomic E-state index is 11.7. The van der Waals surface area contributed by atoms with E-state index in [2.05, 4.69) is 0 Å². The minimum atomic E-state index is -0.258. The molecule has 3 nitrogen and oxygen atoms in total.